The number of nitrogens with two attached hydrogens (primary N) is 1. The lowest BCUT2D eigenvalue weighted by atomic mass is 10.1. The SMILES string of the molecule is CCOC(CCN)c1ccc(OCCN2C=CSC(C3=CC=CCC3)=C2)cc1. The average molecular weight is 399 g/mol. The van der Waals surface area contributed by atoms with Gasteiger partial charge in [0.05, 0.1) is 12.6 Å². The Morgan fingerprint density at radius 3 is 2.82 bits per heavy atom. The molecule has 5 heteroatoms. The van der Waals surface area contributed by atoms with Crippen LogP contribution in [0.3, 0.4) is 0 Å². The van der Waals surface area contributed by atoms with E-state index in [1.807, 2.05) is 19.1 Å². The minimum atomic E-state index is 0.0625. The van der Waals surface area contributed by atoms with Crippen molar-refractivity contribution in [1.29, 1.82) is 0 Å². The van der Waals surface area contributed by atoms with Crippen LogP contribution in [0.1, 0.15) is 37.9 Å². The first-order valence-electron chi connectivity index (χ1n) is 10.0. The predicted octanol–water partition coefficient (Wildman–Crippen LogP) is 5.13. The van der Waals surface area contributed by atoms with Crippen molar-refractivity contribution in [2.45, 2.75) is 32.3 Å². The Morgan fingerprint density at radius 2 is 2.11 bits per heavy atom. The molecule has 3 rings (SSSR count). The Bertz CT molecular complexity index is 731. The minimum absolute atomic E-state index is 0.0625. The highest BCUT2D eigenvalue weighted by molar-refractivity contribution is 8.06. The second-order valence-electron chi connectivity index (χ2n) is 6.73. The minimum Gasteiger partial charge on any atom is -0.492 e. The zero-order valence-electron chi connectivity index (χ0n) is 16.5. The highest BCUT2D eigenvalue weighted by atomic mass is 32.2. The number of nitrogens with zero attached hydrogens (tertiary/aromatic N) is 1. The number of benzene rings is 1. The van der Waals surface area contributed by atoms with Gasteiger partial charge in [0.1, 0.15) is 12.4 Å². The van der Waals surface area contributed by atoms with Crippen LogP contribution >= 0.6 is 11.8 Å². The maximum absolute atomic E-state index is 5.94. The lowest BCUT2D eigenvalue weighted by molar-refractivity contribution is 0.0580. The first-order chi connectivity index (χ1) is 13.8. The van der Waals surface area contributed by atoms with Gasteiger partial charge in [0.25, 0.3) is 0 Å². The average Bonchev–Trinajstić information content (AvgIpc) is 2.75. The Morgan fingerprint density at radius 1 is 1.25 bits per heavy atom. The largest absolute Gasteiger partial charge is 0.492 e. The van der Waals surface area contributed by atoms with Crippen molar-refractivity contribution in [2.24, 2.45) is 5.73 Å². The van der Waals surface area contributed by atoms with Crippen LogP contribution < -0.4 is 10.5 Å². The van der Waals surface area contributed by atoms with E-state index in [0.29, 0.717) is 19.8 Å². The van der Waals surface area contributed by atoms with Gasteiger partial charge in [-0.15, -0.1) is 0 Å². The van der Waals surface area contributed by atoms with E-state index < -0.39 is 0 Å². The Labute approximate surface area is 172 Å². The van der Waals surface area contributed by atoms with E-state index in [0.717, 1.165) is 37.1 Å². The molecule has 0 aromatic heterocycles. The molecule has 150 valence electrons. The van der Waals surface area contributed by atoms with Crippen LogP contribution in [-0.2, 0) is 4.74 Å². The summed E-state index contributed by atoms with van der Waals surface area (Å²) in [5.74, 6) is 0.881. The maximum Gasteiger partial charge on any atom is 0.119 e. The summed E-state index contributed by atoms with van der Waals surface area (Å²) in [6, 6.07) is 8.17. The first kappa shape index (κ1) is 20.8. The van der Waals surface area contributed by atoms with Crippen molar-refractivity contribution in [3.63, 3.8) is 0 Å². The maximum atomic E-state index is 5.94. The summed E-state index contributed by atoms with van der Waals surface area (Å²) in [5, 5.41) is 2.15. The molecule has 1 atom stereocenters. The molecule has 0 fully saturated rings. The van der Waals surface area contributed by atoms with Crippen LogP contribution in [0.2, 0.25) is 0 Å². The Balaban J connectivity index is 1.50. The third kappa shape index (κ3) is 6.03. The summed E-state index contributed by atoms with van der Waals surface area (Å²) in [6.07, 6.45) is 14.1. The molecule has 1 aromatic rings. The highest BCUT2D eigenvalue weighted by Gasteiger charge is 2.12. The van der Waals surface area contributed by atoms with E-state index >= 15 is 0 Å². The number of rotatable bonds is 10. The summed E-state index contributed by atoms with van der Waals surface area (Å²) in [7, 11) is 0. The lowest BCUT2D eigenvalue weighted by Crippen LogP contribution is -2.20. The van der Waals surface area contributed by atoms with Crippen LogP contribution in [0.5, 0.6) is 5.75 Å². The highest BCUT2D eigenvalue weighted by Crippen LogP contribution is 2.33. The van der Waals surface area contributed by atoms with Crippen LogP contribution in [0, 0.1) is 0 Å². The van der Waals surface area contributed by atoms with E-state index in [1.54, 1.807) is 11.8 Å². The molecule has 2 aliphatic rings. The number of ether oxygens (including phenoxy) is 2. The summed E-state index contributed by atoms with van der Waals surface area (Å²) in [5.41, 5.74) is 8.26. The van der Waals surface area contributed by atoms with Gasteiger partial charge in [-0.3, -0.25) is 0 Å². The van der Waals surface area contributed by atoms with Crippen molar-refractivity contribution in [1.82, 2.24) is 4.90 Å². The fourth-order valence-corrected chi connectivity index (χ4v) is 4.14. The van der Waals surface area contributed by atoms with Gasteiger partial charge in [0.2, 0.25) is 0 Å². The number of thioether (sulfide) groups is 1. The summed E-state index contributed by atoms with van der Waals surface area (Å²) in [6.45, 7) is 4.77. The third-order valence-electron chi connectivity index (χ3n) is 4.73. The van der Waals surface area contributed by atoms with E-state index in [2.05, 4.69) is 53.1 Å². The fourth-order valence-electron chi connectivity index (χ4n) is 3.26. The molecule has 1 unspecified atom stereocenters. The number of allylic oxidation sites excluding steroid dienone is 4. The molecule has 0 radical (unpaired) electrons. The predicted molar refractivity (Wildman–Crippen MR) is 118 cm³/mol. The molecule has 4 nitrogen and oxygen atoms in total. The summed E-state index contributed by atoms with van der Waals surface area (Å²) >= 11 is 1.79. The van der Waals surface area contributed by atoms with Crippen molar-refractivity contribution >= 4 is 11.8 Å². The molecule has 1 aliphatic heterocycles. The van der Waals surface area contributed by atoms with Crippen LogP contribution in [-0.4, -0.2) is 31.2 Å². The lowest BCUT2D eigenvalue weighted by Gasteiger charge is -2.23. The molecule has 0 saturated heterocycles. The van der Waals surface area contributed by atoms with Gasteiger partial charge in [0.15, 0.2) is 0 Å². The Hall–Kier alpha value is -1.95. The number of hydrogen-bond acceptors (Lipinski definition) is 5. The molecule has 0 spiro atoms. The summed E-state index contributed by atoms with van der Waals surface area (Å²) < 4.78 is 11.7. The van der Waals surface area contributed by atoms with Crippen LogP contribution in [0.15, 0.2) is 70.8 Å². The standard InChI is InChI=1S/C23H30N2O2S/c1-2-26-22(12-13-24)19-8-10-21(11-9-19)27-16-14-25-15-17-28-23(18-25)20-6-4-3-5-7-20/h3-4,6,8-11,15,17-18,22H,2,5,7,12-14,16,24H2,1H3. The fraction of sp³-hybridized carbons (Fsp3) is 0.391. The molecular formula is C23H30N2O2S. The summed E-state index contributed by atoms with van der Waals surface area (Å²) in [4.78, 5) is 3.53. The molecule has 2 N–H and O–H groups in total. The van der Waals surface area contributed by atoms with Crippen LogP contribution in [0.25, 0.3) is 0 Å². The van der Waals surface area contributed by atoms with Gasteiger partial charge in [-0.1, -0.05) is 42.1 Å². The van der Waals surface area contributed by atoms with Gasteiger partial charge < -0.3 is 20.1 Å². The second-order valence-corrected chi connectivity index (χ2v) is 7.68. The third-order valence-corrected chi connectivity index (χ3v) is 5.61. The van der Waals surface area contributed by atoms with E-state index in [1.165, 1.54) is 10.5 Å². The normalized spacial score (nSPS) is 17.3. The monoisotopic (exact) mass is 398 g/mol. The molecule has 0 amide bonds. The van der Waals surface area contributed by atoms with Gasteiger partial charge in [-0.2, -0.15) is 0 Å². The molecule has 0 saturated carbocycles. The molecule has 1 aliphatic carbocycles. The molecule has 1 aromatic carbocycles. The molecule has 28 heavy (non-hydrogen) atoms. The van der Waals surface area contributed by atoms with Crippen molar-refractivity contribution in [2.75, 3.05) is 26.3 Å². The topological polar surface area (TPSA) is 47.7 Å². The van der Waals surface area contributed by atoms with E-state index in [4.69, 9.17) is 15.2 Å². The van der Waals surface area contributed by atoms with Crippen molar-refractivity contribution in [3.8, 4) is 5.75 Å². The van der Waals surface area contributed by atoms with Gasteiger partial charge >= 0.3 is 0 Å². The van der Waals surface area contributed by atoms with Crippen molar-refractivity contribution < 1.29 is 9.47 Å². The smallest absolute Gasteiger partial charge is 0.119 e. The quantitative estimate of drug-likeness (QED) is 0.592. The molecular weight excluding hydrogens is 368 g/mol. The van der Waals surface area contributed by atoms with Gasteiger partial charge in [-0.25, -0.2) is 0 Å². The van der Waals surface area contributed by atoms with Gasteiger partial charge in [-0.05, 0) is 61.4 Å². The zero-order valence-corrected chi connectivity index (χ0v) is 17.4. The van der Waals surface area contributed by atoms with Gasteiger partial charge in [0, 0.05) is 23.9 Å². The van der Waals surface area contributed by atoms with E-state index in [9.17, 15) is 0 Å². The molecule has 1 heterocycles. The van der Waals surface area contributed by atoms with E-state index in [-0.39, 0.29) is 6.10 Å². The first-order valence-corrected chi connectivity index (χ1v) is 10.9. The number of hydrogen-bond donors (Lipinski definition) is 1. The second kappa shape index (κ2) is 11.1. The zero-order chi connectivity index (χ0) is 19.6. The Kier molecular flexibility index (Phi) is 8.27. The molecule has 0 bridgehead atoms. The van der Waals surface area contributed by atoms with Crippen molar-refractivity contribution in [3.05, 3.63) is 76.3 Å². The van der Waals surface area contributed by atoms with Crippen LogP contribution in [0.4, 0.5) is 0 Å².